The standard InChI is InChI=1S/C19H29BrN4O3/c1-4-22-19(24-7-5-6-13(12-24)8-18(21)25)23-11-14-9-16(26-2)17(27-3)10-15(14)20/h9-10,13H,4-8,11-12H2,1-3H3,(H2,21,25)(H,22,23). The van der Waals surface area contributed by atoms with Crippen LogP contribution in [0.15, 0.2) is 21.6 Å². The quantitative estimate of drug-likeness (QED) is 0.502. The van der Waals surface area contributed by atoms with Crippen LogP contribution in [0, 0.1) is 5.92 Å². The van der Waals surface area contributed by atoms with Crippen molar-refractivity contribution in [3.8, 4) is 11.5 Å². The monoisotopic (exact) mass is 440 g/mol. The zero-order valence-corrected chi connectivity index (χ0v) is 17.8. The van der Waals surface area contributed by atoms with E-state index in [0.29, 0.717) is 24.5 Å². The smallest absolute Gasteiger partial charge is 0.217 e. The number of nitrogens with zero attached hydrogens (tertiary/aromatic N) is 2. The van der Waals surface area contributed by atoms with Crippen molar-refractivity contribution in [2.75, 3.05) is 33.9 Å². The first-order valence-corrected chi connectivity index (χ1v) is 9.99. The van der Waals surface area contributed by atoms with Crippen LogP contribution in [-0.4, -0.2) is 50.6 Å². The minimum atomic E-state index is -0.238. The topological polar surface area (TPSA) is 89.2 Å². The highest BCUT2D eigenvalue weighted by molar-refractivity contribution is 9.10. The number of nitrogens with two attached hydrogens (primary N) is 1. The Morgan fingerprint density at radius 1 is 1.37 bits per heavy atom. The number of hydrogen-bond donors (Lipinski definition) is 2. The van der Waals surface area contributed by atoms with E-state index in [1.165, 1.54) is 0 Å². The number of carbonyl (C=O) groups excluding carboxylic acids is 1. The normalized spacial score (nSPS) is 17.6. The maximum atomic E-state index is 11.3. The summed E-state index contributed by atoms with van der Waals surface area (Å²) in [6, 6.07) is 3.82. The molecule has 1 fully saturated rings. The van der Waals surface area contributed by atoms with Gasteiger partial charge in [-0.05, 0) is 43.4 Å². The highest BCUT2D eigenvalue weighted by Crippen LogP contribution is 2.33. The minimum absolute atomic E-state index is 0.238. The van der Waals surface area contributed by atoms with Crippen molar-refractivity contribution in [3.63, 3.8) is 0 Å². The molecule has 1 aliphatic rings. The summed E-state index contributed by atoms with van der Waals surface area (Å²) >= 11 is 3.58. The molecule has 0 aliphatic carbocycles. The van der Waals surface area contributed by atoms with Crippen LogP contribution in [0.3, 0.4) is 0 Å². The van der Waals surface area contributed by atoms with Gasteiger partial charge in [0.15, 0.2) is 17.5 Å². The van der Waals surface area contributed by atoms with E-state index in [9.17, 15) is 4.79 Å². The Hall–Kier alpha value is -1.96. The fourth-order valence-electron chi connectivity index (χ4n) is 3.31. The highest BCUT2D eigenvalue weighted by Gasteiger charge is 2.23. The number of methoxy groups -OCH3 is 2. The third-order valence-electron chi connectivity index (χ3n) is 4.60. The van der Waals surface area contributed by atoms with Crippen LogP contribution in [-0.2, 0) is 11.3 Å². The molecule has 0 saturated carbocycles. The Morgan fingerprint density at radius 3 is 2.70 bits per heavy atom. The van der Waals surface area contributed by atoms with Crippen LogP contribution in [0.1, 0.15) is 31.7 Å². The molecule has 0 spiro atoms. The first kappa shape index (κ1) is 21.3. The Bertz CT molecular complexity index is 681. The Kier molecular flexibility index (Phi) is 8.22. The van der Waals surface area contributed by atoms with Crippen LogP contribution in [0.4, 0.5) is 0 Å². The van der Waals surface area contributed by atoms with E-state index in [-0.39, 0.29) is 11.8 Å². The van der Waals surface area contributed by atoms with Crippen LogP contribution in [0.2, 0.25) is 0 Å². The van der Waals surface area contributed by atoms with Crippen LogP contribution >= 0.6 is 15.9 Å². The summed E-state index contributed by atoms with van der Waals surface area (Å²) in [6.45, 7) is 5.05. The summed E-state index contributed by atoms with van der Waals surface area (Å²) in [6.07, 6.45) is 2.49. The molecule has 8 heteroatoms. The molecule has 2 rings (SSSR count). The largest absolute Gasteiger partial charge is 0.493 e. The maximum Gasteiger partial charge on any atom is 0.217 e. The van der Waals surface area contributed by atoms with Gasteiger partial charge in [0.2, 0.25) is 5.91 Å². The van der Waals surface area contributed by atoms with E-state index < -0.39 is 0 Å². The number of piperidine rings is 1. The Morgan fingerprint density at radius 2 is 2.07 bits per heavy atom. The van der Waals surface area contributed by atoms with Gasteiger partial charge in [0.25, 0.3) is 0 Å². The fourth-order valence-corrected chi connectivity index (χ4v) is 3.76. The lowest BCUT2D eigenvalue weighted by atomic mass is 9.95. The van der Waals surface area contributed by atoms with Gasteiger partial charge in [-0.25, -0.2) is 4.99 Å². The number of halogens is 1. The average molecular weight is 441 g/mol. The predicted molar refractivity (Wildman–Crippen MR) is 110 cm³/mol. The minimum Gasteiger partial charge on any atom is -0.493 e. The van der Waals surface area contributed by atoms with E-state index in [0.717, 1.165) is 48.5 Å². The lowest BCUT2D eigenvalue weighted by Gasteiger charge is -2.34. The zero-order chi connectivity index (χ0) is 19.8. The third kappa shape index (κ3) is 6.02. The number of primary amides is 1. The van der Waals surface area contributed by atoms with E-state index in [2.05, 4.69) is 26.1 Å². The van der Waals surface area contributed by atoms with Crippen molar-refractivity contribution in [3.05, 3.63) is 22.2 Å². The lowest BCUT2D eigenvalue weighted by Crippen LogP contribution is -2.47. The third-order valence-corrected chi connectivity index (χ3v) is 5.33. The van der Waals surface area contributed by atoms with Gasteiger partial charge in [-0.1, -0.05) is 15.9 Å². The second kappa shape index (κ2) is 10.4. The molecule has 150 valence electrons. The van der Waals surface area contributed by atoms with E-state index in [1.54, 1.807) is 14.2 Å². The van der Waals surface area contributed by atoms with Gasteiger partial charge in [-0.2, -0.15) is 0 Å². The zero-order valence-electron chi connectivity index (χ0n) is 16.3. The van der Waals surface area contributed by atoms with Crippen molar-refractivity contribution in [1.29, 1.82) is 0 Å². The SMILES string of the molecule is CCNC(=NCc1cc(OC)c(OC)cc1Br)N1CCCC(CC(N)=O)C1. The molecule has 1 atom stereocenters. The summed E-state index contributed by atoms with van der Waals surface area (Å²) < 4.78 is 11.6. The molecule has 0 bridgehead atoms. The van der Waals surface area contributed by atoms with Gasteiger partial charge in [0.1, 0.15) is 0 Å². The van der Waals surface area contributed by atoms with Gasteiger partial charge in [0, 0.05) is 30.5 Å². The second-order valence-corrected chi connectivity index (χ2v) is 7.45. The van der Waals surface area contributed by atoms with E-state index in [4.69, 9.17) is 20.2 Å². The number of nitrogens with one attached hydrogen (secondary N) is 1. The van der Waals surface area contributed by atoms with Crippen LogP contribution in [0.5, 0.6) is 11.5 Å². The molecule has 3 N–H and O–H groups in total. The summed E-state index contributed by atoms with van der Waals surface area (Å²) in [5, 5.41) is 3.36. The number of rotatable bonds is 7. The maximum absolute atomic E-state index is 11.3. The van der Waals surface area contributed by atoms with Crippen molar-refractivity contribution in [2.24, 2.45) is 16.6 Å². The lowest BCUT2D eigenvalue weighted by molar-refractivity contribution is -0.119. The van der Waals surface area contributed by atoms with Crippen molar-refractivity contribution in [2.45, 2.75) is 32.7 Å². The van der Waals surface area contributed by atoms with Crippen molar-refractivity contribution in [1.82, 2.24) is 10.2 Å². The first-order valence-electron chi connectivity index (χ1n) is 9.20. The molecule has 1 aliphatic heterocycles. The molecule has 1 aromatic carbocycles. The summed E-state index contributed by atoms with van der Waals surface area (Å²) in [7, 11) is 3.24. The molecule has 0 radical (unpaired) electrons. The number of hydrogen-bond acceptors (Lipinski definition) is 4. The number of carbonyl (C=O) groups is 1. The van der Waals surface area contributed by atoms with Crippen LogP contribution < -0.4 is 20.5 Å². The number of likely N-dealkylation sites (tertiary alicyclic amines) is 1. The summed E-state index contributed by atoms with van der Waals surface area (Å²) in [4.78, 5) is 18.3. The molecular weight excluding hydrogens is 412 g/mol. The number of aliphatic imine (C=N–C) groups is 1. The van der Waals surface area contributed by atoms with Gasteiger partial charge in [-0.3, -0.25) is 4.79 Å². The summed E-state index contributed by atoms with van der Waals surface area (Å²) in [5.74, 6) is 2.25. The summed E-state index contributed by atoms with van der Waals surface area (Å²) in [5.41, 5.74) is 6.38. The number of amides is 1. The number of ether oxygens (including phenoxy) is 2. The second-order valence-electron chi connectivity index (χ2n) is 6.59. The Labute approximate surface area is 169 Å². The molecule has 1 amide bonds. The van der Waals surface area contributed by atoms with E-state index >= 15 is 0 Å². The van der Waals surface area contributed by atoms with Gasteiger partial charge < -0.3 is 25.4 Å². The van der Waals surface area contributed by atoms with Crippen molar-refractivity contribution < 1.29 is 14.3 Å². The van der Waals surface area contributed by atoms with Gasteiger partial charge in [0.05, 0.1) is 20.8 Å². The molecule has 7 nitrogen and oxygen atoms in total. The van der Waals surface area contributed by atoms with Crippen LogP contribution in [0.25, 0.3) is 0 Å². The fraction of sp³-hybridized carbons (Fsp3) is 0.579. The van der Waals surface area contributed by atoms with Gasteiger partial charge >= 0.3 is 0 Å². The number of benzene rings is 1. The molecule has 0 aromatic heterocycles. The molecule has 1 heterocycles. The number of guanidine groups is 1. The van der Waals surface area contributed by atoms with E-state index in [1.807, 2.05) is 19.1 Å². The average Bonchev–Trinajstić information content (AvgIpc) is 2.65. The first-order chi connectivity index (χ1) is 13.0. The molecule has 1 aromatic rings. The molecular formula is C19H29BrN4O3. The van der Waals surface area contributed by atoms with Crippen molar-refractivity contribution >= 4 is 27.8 Å². The van der Waals surface area contributed by atoms with Gasteiger partial charge in [-0.15, -0.1) is 0 Å². The molecule has 1 saturated heterocycles. The molecule has 27 heavy (non-hydrogen) atoms. The highest BCUT2D eigenvalue weighted by atomic mass is 79.9. The Balaban J connectivity index is 2.16. The predicted octanol–water partition coefficient (Wildman–Crippen LogP) is 2.52. The molecule has 1 unspecified atom stereocenters.